The molecule has 0 aliphatic rings. The predicted octanol–water partition coefficient (Wildman–Crippen LogP) is 2.77. The Hall–Kier alpha value is -0.590. The Kier molecular flexibility index (Phi) is 3.91. The van der Waals surface area contributed by atoms with E-state index in [2.05, 4.69) is 0 Å². The average molecular weight is 212 g/mol. The van der Waals surface area contributed by atoms with E-state index in [0.29, 0.717) is 5.30 Å². The van der Waals surface area contributed by atoms with E-state index in [9.17, 15) is 9.46 Å². The fraction of sp³-hybridized carbons (Fsp3) is 0.455. The van der Waals surface area contributed by atoms with Crippen molar-refractivity contribution in [3.63, 3.8) is 0 Å². The summed E-state index contributed by atoms with van der Waals surface area (Å²) in [5, 5.41) is 0.578. The second kappa shape index (κ2) is 4.77. The zero-order chi connectivity index (χ0) is 10.6. The van der Waals surface area contributed by atoms with Gasteiger partial charge in [0.2, 0.25) is 7.37 Å². The lowest BCUT2D eigenvalue weighted by Crippen LogP contribution is -2.15. The SMILES string of the molecule is CCC(CC)P(=O)(O)c1ccccc1. The van der Waals surface area contributed by atoms with Crippen molar-refractivity contribution < 1.29 is 9.46 Å². The first kappa shape index (κ1) is 11.5. The first-order valence-corrected chi connectivity index (χ1v) is 6.73. The monoisotopic (exact) mass is 212 g/mol. The molecule has 0 aliphatic heterocycles. The molecule has 0 radical (unpaired) electrons. The quantitative estimate of drug-likeness (QED) is 0.779. The number of benzene rings is 1. The van der Waals surface area contributed by atoms with Crippen LogP contribution in [0.25, 0.3) is 0 Å². The minimum Gasteiger partial charge on any atom is -0.341 e. The molecule has 0 aromatic heterocycles. The van der Waals surface area contributed by atoms with E-state index in [1.165, 1.54) is 0 Å². The molecule has 1 N–H and O–H groups in total. The van der Waals surface area contributed by atoms with E-state index in [0.717, 1.165) is 12.8 Å². The lowest BCUT2D eigenvalue weighted by Gasteiger charge is -2.20. The molecular weight excluding hydrogens is 195 g/mol. The molecule has 1 atom stereocenters. The molecule has 0 spiro atoms. The fourth-order valence-electron chi connectivity index (χ4n) is 1.64. The van der Waals surface area contributed by atoms with Gasteiger partial charge in [-0.25, -0.2) is 0 Å². The Bertz CT molecular complexity index is 317. The molecule has 78 valence electrons. The van der Waals surface area contributed by atoms with Gasteiger partial charge in [0.15, 0.2) is 0 Å². The molecule has 2 nitrogen and oxygen atoms in total. The highest BCUT2D eigenvalue weighted by molar-refractivity contribution is 7.66. The van der Waals surface area contributed by atoms with Gasteiger partial charge in [0, 0.05) is 11.0 Å². The van der Waals surface area contributed by atoms with Crippen LogP contribution in [0.15, 0.2) is 30.3 Å². The van der Waals surface area contributed by atoms with Crippen molar-refractivity contribution in [3.05, 3.63) is 30.3 Å². The maximum Gasteiger partial charge on any atom is 0.232 e. The van der Waals surface area contributed by atoms with Crippen LogP contribution in [-0.4, -0.2) is 10.6 Å². The summed E-state index contributed by atoms with van der Waals surface area (Å²) in [6.07, 6.45) is 1.50. The van der Waals surface area contributed by atoms with Gasteiger partial charge in [-0.1, -0.05) is 32.0 Å². The van der Waals surface area contributed by atoms with E-state index in [1.807, 2.05) is 19.9 Å². The summed E-state index contributed by atoms with van der Waals surface area (Å²) >= 11 is 0. The lowest BCUT2D eigenvalue weighted by atomic mass is 10.3. The van der Waals surface area contributed by atoms with Crippen LogP contribution in [0.1, 0.15) is 26.7 Å². The van der Waals surface area contributed by atoms with E-state index in [-0.39, 0.29) is 5.66 Å². The lowest BCUT2D eigenvalue weighted by molar-refractivity contribution is 0.469. The van der Waals surface area contributed by atoms with Gasteiger partial charge >= 0.3 is 0 Å². The topological polar surface area (TPSA) is 37.3 Å². The maximum atomic E-state index is 12.1. The third-order valence-electron chi connectivity index (χ3n) is 2.56. The highest BCUT2D eigenvalue weighted by atomic mass is 31.2. The van der Waals surface area contributed by atoms with E-state index >= 15 is 0 Å². The predicted molar refractivity (Wildman–Crippen MR) is 60.3 cm³/mol. The summed E-state index contributed by atoms with van der Waals surface area (Å²) in [7, 11) is -3.16. The number of hydrogen-bond acceptors (Lipinski definition) is 1. The van der Waals surface area contributed by atoms with Crippen molar-refractivity contribution in [2.75, 3.05) is 0 Å². The largest absolute Gasteiger partial charge is 0.341 e. The summed E-state index contributed by atoms with van der Waals surface area (Å²) in [6, 6.07) is 8.94. The average Bonchev–Trinajstić information content (AvgIpc) is 2.20. The molecular formula is C11H17O2P. The zero-order valence-corrected chi connectivity index (χ0v) is 9.58. The van der Waals surface area contributed by atoms with Gasteiger partial charge in [-0.05, 0) is 25.0 Å². The third-order valence-corrected chi connectivity index (χ3v) is 5.32. The summed E-state index contributed by atoms with van der Waals surface area (Å²) in [6.45, 7) is 3.92. The normalized spacial score (nSPS) is 15.4. The fourth-order valence-corrected chi connectivity index (χ4v) is 3.65. The van der Waals surface area contributed by atoms with Crippen molar-refractivity contribution in [3.8, 4) is 0 Å². The highest BCUT2D eigenvalue weighted by Gasteiger charge is 2.29. The molecule has 0 saturated carbocycles. The molecule has 0 saturated heterocycles. The number of hydrogen-bond donors (Lipinski definition) is 1. The van der Waals surface area contributed by atoms with Crippen LogP contribution in [0.2, 0.25) is 0 Å². The Morgan fingerprint density at radius 2 is 1.71 bits per heavy atom. The van der Waals surface area contributed by atoms with Gasteiger partial charge in [-0.15, -0.1) is 0 Å². The molecule has 0 heterocycles. The van der Waals surface area contributed by atoms with Gasteiger partial charge in [0.1, 0.15) is 0 Å². The van der Waals surface area contributed by atoms with Crippen LogP contribution in [0.4, 0.5) is 0 Å². The van der Waals surface area contributed by atoms with Gasteiger partial charge in [-0.2, -0.15) is 0 Å². The molecule has 14 heavy (non-hydrogen) atoms. The Labute approximate surface area is 85.4 Å². The molecule has 0 bridgehead atoms. The Morgan fingerprint density at radius 3 is 2.14 bits per heavy atom. The smallest absolute Gasteiger partial charge is 0.232 e. The van der Waals surface area contributed by atoms with Crippen LogP contribution >= 0.6 is 7.37 Å². The summed E-state index contributed by atoms with van der Waals surface area (Å²) in [5.41, 5.74) is -0.107. The molecule has 0 aliphatic carbocycles. The summed E-state index contributed by atoms with van der Waals surface area (Å²) in [5.74, 6) is 0. The van der Waals surface area contributed by atoms with Crippen LogP contribution in [0, 0.1) is 0 Å². The molecule has 3 heteroatoms. The standard InChI is InChI=1S/C11H17O2P/c1-3-10(4-2)14(12,13)11-8-6-5-7-9-11/h5-10H,3-4H2,1-2H3,(H,12,13). The third kappa shape index (κ3) is 2.26. The van der Waals surface area contributed by atoms with Crippen molar-refractivity contribution in [1.29, 1.82) is 0 Å². The van der Waals surface area contributed by atoms with Gasteiger partial charge in [0.25, 0.3) is 0 Å². The van der Waals surface area contributed by atoms with Crippen LogP contribution in [-0.2, 0) is 4.57 Å². The zero-order valence-electron chi connectivity index (χ0n) is 8.68. The van der Waals surface area contributed by atoms with Crippen molar-refractivity contribution in [1.82, 2.24) is 0 Å². The van der Waals surface area contributed by atoms with Crippen molar-refractivity contribution in [2.45, 2.75) is 32.3 Å². The summed E-state index contributed by atoms with van der Waals surface area (Å²) < 4.78 is 12.1. The van der Waals surface area contributed by atoms with Crippen molar-refractivity contribution in [2.24, 2.45) is 0 Å². The number of rotatable bonds is 4. The minimum absolute atomic E-state index is 0.107. The van der Waals surface area contributed by atoms with E-state index in [1.54, 1.807) is 24.3 Å². The van der Waals surface area contributed by atoms with Crippen LogP contribution in [0.3, 0.4) is 0 Å². The molecule has 1 aromatic carbocycles. The van der Waals surface area contributed by atoms with Gasteiger partial charge in [0.05, 0.1) is 0 Å². The molecule has 1 aromatic rings. The molecule has 1 unspecified atom stereocenters. The Morgan fingerprint density at radius 1 is 1.21 bits per heavy atom. The first-order valence-electron chi connectivity index (χ1n) is 5.01. The minimum atomic E-state index is -3.16. The first-order chi connectivity index (χ1) is 6.62. The van der Waals surface area contributed by atoms with E-state index in [4.69, 9.17) is 0 Å². The molecule has 0 fully saturated rings. The van der Waals surface area contributed by atoms with Crippen LogP contribution < -0.4 is 5.30 Å². The van der Waals surface area contributed by atoms with Crippen molar-refractivity contribution >= 4 is 12.7 Å². The highest BCUT2D eigenvalue weighted by Crippen LogP contribution is 2.47. The van der Waals surface area contributed by atoms with Gasteiger partial charge < -0.3 is 4.89 Å². The van der Waals surface area contributed by atoms with Crippen LogP contribution in [0.5, 0.6) is 0 Å². The maximum absolute atomic E-state index is 12.1. The van der Waals surface area contributed by atoms with Gasteiger partial charge in [-0.3, -0.25) is 4.57 Å². The van der Waals surface area contributed by atoms with E-state index < -0.39 is 7.37 Å². The molecule has 1 rings (SSSR count). The molecule has 0 amide bonds. The second-order valence-electron chi connectivity index (χ2n) is 3.43. The Balaban J connectivity index is 3.01. The summed E-state index contributed by atoms with van der Waals surface area (Å²) in [4.78, 5) is 10.0. The second-order valence-corrected chi connectivity index (χ2v) is 5.92.